The fourth-order valence-corrected chi connectivity index (χ4v) is 4.47. The molecule has 1 atom stereocenters. The summed E-state index contributed by atoms with van der Waals surface area (Å²) in [5.74, 6) is 1.40. The first kappa shape index (κ1) is 21.2. The lowest BCUT2D eigenvalue weighted by Crippen LogP contribution is -2.24. The molecular formula is C27H26FN3O2. The Morgan fingerprint density at radius 3 is 2.55 bits per heavy atom. The van der Waals surface area contributed by atoms with E-state index < -0.39 is 0 Å². The van der Waals surface area contributed by atoms with Gasteiger partial charge in [0, 0.05) is 24.6 Å². The number of rotatable bonds is 7. The first-order valence-electron chi connectivity index (χ1n) is 11.3. The maximum Gasteiger partial charge on any atom is 0.227 e. The monoisotopic (exact) mass is 443 g/mol. The number of imidazole rings is 1. The molecule has 168 valence electrons. The molecule has 0 N–H and O–H groups in total. The van der Waals surface area contributed by atoms with Gasteiger partial charge in [0.25, 0.3) is 0 Å². The first-order chi connectivity index (χ1) is 16.1. The van der Waals surface area contributed by atoms with Crippen LogP contribution in [0.25, 0.3) is 11.0 Å². The third-order valence-corrected chi connectivity index (χ3v) is 6.23. The summed E-state index contributed by atoms with van der Waals surface area (Å²) in [5, 5.41) is 0. The van der Waals surface area contributed by atoms with Crippen molar-refractivity contribution in [3.05, 3.63) is 90.0 Å². The summed E-state index contributed by atoms with van der Waals surface area (Å²) in [5.41, 5.74) is 3.94. The van der Waals surface area contributed by atoms with Crippen LogP contribution in [-0.2, 0) is 17.8 Å². The number of anilines is 1. The average Bonchev–Trinajstić information content (AvgIpc) is 3.41. The van der Waals surface area contributed by atoms with Crippen LogP contribution in [0.2, 0.25) is 0 Å². The Labute approximate surface area is 192 Å². The van der Waals surface area contributed by atoms with E-state index in [0.29, 0.717) is 31.8 Å². The number of carbonyl (C=O) groups is 1. The van der Waals surface area contributed by atoms with E-state index in [1.54, 1.807) is 17.0 Å². The van der Waals surface area contributed by atoms with Crippen molar-refractivity contribution in [1.29, 1.82) is 0 Å². The minimum Gasteiger partial charge on any atom is -0.492 e. The maximum absolute atomic E-state index is 13.3. The molecule has 0 spiro atoms. The third kappa shape index (κ3) is 4.33. The zero-order valence-electron chi connectivity index (χ0n) is 18.6. The summed E-state index contributed by atoms with van der Waals surface area (Å²) in [4.78, 5) is 19.4. The minimum atomic E-state index is -0.312. The van der Waals surface area contributed by atoms with E-state index in [-0.39, 0.29) is 17.6 Å². The van der Waals surface area contributed by atoms with Crippen LogP contribution < -0.4 is 9.64 Å². The molecular weight excluding hydrogens is 417 g/mol. The fraction of sp³-hybridized carbons (Fsp3) is 0.259. The van der Waals surface area contributed by atoms with Crippen molar-refractivity contribution in [2.45, 2.75) is 32.2 Å². The van der Waals surface area contributed by atoms with E-state index in [2.05, 4.69) is 29.7 Å². The average molecular weight is 444 g/mol. The van der Waals surface area contributed by atoms with Gasteiger partial charge in [0.05, 0.1) is 17.6 Å². The number of aryl methyl sites for hydroxylation is 1. The highest BCUT2D eigenvalue weighted by molar-refractivity contribution is 5.96. The first-order valence-corrected chi connectivity index (χ1v) is 11.3. The molecule has 3 aromatic carbocycles. The van der Waals surface area contributed by atoms with Crippen LogP contribution in [0.1, 0.15) is 30.7 Å². The number of para-hydroxylation sites is 2. The summed E-state index contributed by atoms with van der Waals surface area (Å²) in [7, 11) is 0. The quantitative estimate of drug-likeness (QED) is 0.388. The zero-order chi connectivity index (χ0) is 22.8. The molecule has 0 saturated carbocycles. The number of hydrogen-bond acceptors (Lipinski definition) is 3. The van der Waals surface area contributed by atoms with Gasteiger partial charge in [0.2, 0.25) is 5.91 Å². The maximum atomic E-state index is 13.3. The van der Waals surface area contributed by atoms with E-state index in [1.807, 2.05) is 30.3 Å². The van der Waals surface area contributed by atoms with Crippen LogP contribution in [0.5, 0.6) is 5.75 Å². The van der Waals surface area contributed by atoms with E-state index >= 15 is 0 Å². The highest BCUT2D eigenvalue weighted by Gasteiger charge is 2.34. The molecule has 1 aromatic heterocycles. The van der Waals surface area contributed by atoms with Crippen molar-refractivity contribution >= 4 is 22.6 Å². The van der Waals surface area contributed by atoms with Crippen LogP contribution in [0.4, 0.5) is 10.1 Å². The number of hydrogen-bond donors (Lipinski definition) is 0. The number of amides is 1. The highest BCUT2D eigenvalue weighted by Crippen LogP contribution is 2.33. The molecule has 4 aromatic rings. The van der Waals surface area contributed by atoms with E-state index in [0.717, 1.165) is 29.0 Å². The van der Waals surface area contributed by atoms with Crippen molar-refractivity contribution in [3.63, 3.8) is 0 Å². The molecule has 6 heteroatoms. The standard InChI is InChI=1S/C27H26FN3O2/c1-2-19-7-13-23(14-8-19)33-16-15-30-25-6-4-3-5-24(25)29-27(30)20-17-26(32)31(18-20)22-11-9-21(28)10-12-22/h3-14,20H,2,15-18H2,1H3/t20-/m1/s1. The third-order valence-electron chi connectivity index (χ3n) is 6.23. The van der Waals surface area contributed by atoms with E-state index in [4.69, 9.17) is 9.72 Å². The van der Waals surface area contributed by atoms with Gasteiger partial charge < -0.3 is 14.2 Å². The highest BCUT2D eigenvalue weighted by atomic mass is 19.1. The van der Waals surface area contributed by atoms with Gasteiger partial charge in [0.1, 0.15) is 24.0 Å². The summed E-state index contributed by atoms with van der Waals surface area (Å²) >= 11 is 0. The summed E-state index contributed by atoms with van der Waals surface area (Å²) < 4.78 is 21.5. The largest absolute Gasteiger partial charge is 0.492 e. The number of carbonyl (C=O) groups excluding carboxylic acids is 1. The number of benzene rings is 3. The number of halogens is 1. The van der Waals surface area contributed by atoms with Crippen molar-refractivity contribution < 1.29 is 13.9 Å². The molecule has 5 nitrogen and oxygen atoms in total. The van der Waals surface area contributed by atoms with Gasteiger partial charge in [0.15, 0.2) is 0 Å². The lowest BCUT2D eigenvalue weighted by atomic mass is 10.1. The Kier molecular flexibility index (Phi) is 5.82. The van der Waals surface area contributed by atoms with Crippen LogP contribution in [0.3, 0.4) is 0 Å². The molecule has 1 aliphatic heterocycles. The summed E-state index contributed by atoms with van der Waals surface area (Å²) in [6.45, 7) is 3.79. The van der Waals surface area contributed by atoms with Crippen LogP contribution in [-0.4, -0.2) is 28.6 Å². The van der Waals surface area contributed by atoms with E-state index in [1.165, 1.54) is 17.7 Å². The molecule has 0 unspecified atom stereocenters. The Hall–Kier alpha value is -3.67. The normalized spacial score (nSPS) is 16.0. The van der Waals surface area contributed by atoms with Gasteiger partial charge in [-0.3, -0.25) is 4.79 Å². The second kappa shape index (κ2) is 9.06. The smallest absolute Gasteiger partial charge is 0.227 e. The molecule has 33 heavy (non-hydrogen) atoms. The molecule has 1 aliphatic rings. The van der Waals surface area contributed by atoms with Crippen LogP contribution >= 0.6 is 0 Å². The predicted molar refractivity (Wildman–Crippen MR) is 127 cm³/mol. The zero-order valence-corrected chi connectivity index (χ0v) is 18.6. The van der Waals surface area contributed by atoms with Crippen molar-refractivity contribution in [3.8, 4) is 5.75 Å². The minimum absolute atomic E-state index is 0.0254. The number of ether oxygens (including phenoxy) is 1. The molecule has 0 radical (unpaired) electrons. The second-order valence-electron chi connectivity index (χ2n) is 8.34. The lowest BCUT2D eigenvalue weighted by molar-refractivity contribution is -0.117. The Morgan fingerprint density at radius 2 is 1.79 bits per heavy atom. The van der Waals surface area contributed by atoms with Gasteiger partial charge in [-0.05, 0) is 60.5 Å². The molecule has 0 aliphatic carbocycles. The van der Waals surface area contributed by atoms with Crippen molar-refractivity contribution in [2.75, 3.05) is 18.1 Å². The van der Waals surface area contributed by atoms with Gasteiger partial charge in [-0.2, -0.15) is 0 Å². The van der Waals surface area contributed by atoms with Crippen molar-refractivity contribution in [1.82, 2.24) is 9.55 Å². The van der Waals surface area contributed by atoms with Gasteiger partial charge in [-0.15, -0.1) is 0 Å². The van der Waals surface area contributed by atoms with Crippen LogP contribution in [0.15, 0.2) is 72.8 Å². The Morgan fingerprint density at radius 1 is 1.03 bits per heavy atom. The topological polar surface area (TPSA) is 47.4 Å². The van der Waals surface area contributed by atoms with E-state index in [9.17, 15) is 9.18 Å². The SMILES string of the molecule is CCc1ccc(OCCn2c([C@@H]3CC(=O)N(c4ccc(F)cc4)C3)nc3ccccc32)cc1. The molecule has 2 heterocycles. The number of fused-ring (bicyclic) bond motifs is 1. The fourth-order valence-electron chi connectivity index (χ4n) is 4.47. The molecule has 1 amide bonds. The van der Waals surface area contributed by atoms with Gasteiger partial charge in [-0.25, -0.2) is 9.37 Å². The van der Waals surface area contributed by atoms with Gasteiger partial charge in [-0.1, -0.05) is 31.2 Å². The number of nitrogens with zero attached hydrogens (tertiary/aromatic N) is 3. The Balaban J connectivity index is 1.37. The molecule has 1 saturated heterocycles. The van der Waals surface area contributed by atoms with Crippen molar-refractivity contribution in [2.24, 2.45) is 0 Å². The molecule has 0 bridgehead atoms. The molecule has 1 fully saturated rings. The molecule has 5 rings (SSSR count). The lowest BCUT2D eigenvalue weighted by Gasteiger charge is -2.17. The van der Waals surface area contributed by atoms with Crippen LogP contribution in [0, 0.1) is 5.82 Å². The van der Waals surface area contributed by atoms with Gasteiger partial charge >= 0.3 is 0 Å². The number of aromatic nitrogens is 2. The second-order valence-corrected chi connectivity index (χ2v) is 8.34. The summed E-state index contributed by atoms with van der Waals surface area (Å²) in [6, 6.07) is 22.3. The predicted octanol–water partition coefficient (Wildman–Crippen LogP) is 5.34. The summed E-state index contributed by atoms with van der Waals surface area (Å²) in [6.07, 6.45) is 1.37. The Bertz CT molecular complexity index is 1270.